The van der Waals surface area contributed by atoms with E-state index in [2.05, 4.69) is 0 Å². The highest BCUT2D eigenvalue weighted by Crippen LogP contribution is 2.23. The van der Waals surface area contributed by atoms with Gasteiger partial charge in [-0.05, 0) is 50.2 Å². The summed E-state index contributed by atoms with van der Waals surface area (Å²) >= 11 is 0. The molecule has 2 aromatic carbocycles. The van der Waals surface area contributed by atoms with Crippen LogP contribution in [0.2, 0.25) is 0 Å². The number of benzene rings is 2. The molecule has 0 aliphatic heterocycles. The largest absolute Gasteiger partial charge is 0.489 e. The minimum Gasteiger partial charge on any atom is -0.489 e. The number of rotatable bonds is 6. The Hall–Kier alpha value is -2.68. The van der Waals surface area contributed by atoms with E-state index in [9.17, 15) is 10.2 Å². The number of nitrogens with two attached hydrogens (primary N) is 3. The van der Waals surface area contributed by atoms with Crippen LogP contribution >= 0.6 is 0 Å². The molecule has 0 heterocycles. The van der Waals surface area contributed by atoms with Gasteiger partial charge < -0.3 is 42.2 Å². The molecule has 0 aliphatic carbocycles. The summed E-state index contributed by atoms with van der Waals surface area (Å²) in [6, 6.07) is 12.0. The average molecular weight is 364 g/mol. The van der Waals surface area contributed by atoms with E-state index in [-0.39, 0.29) is 13.2 Å². The first-order valence-corrected chi connectivity index (χ1v) is 8.15. The summed E-state index contributed by atoms with van der Waals surface area (Å²) in [7, 11) is 0. The van der Waals surface area contributed by atoms with Gasteiger partial charge in [-0.3, -0.25) is 0 Å². The zero-order valence-electron chi connectivity index (χ0n) is 15.0. The van der Waals surface area contributed by atoms with Gasteiger partial charge in [-0.2, -0.15) is 0 Å². The molecule has 8 nitrogen and oxygen atoms in total. The maximum Gasteiger partial charge on any atom is 0.142 e. The number of nitrogen functional groups attached to an aromatic ring is 3. The predicted octanol–water partition coefficient (Wildman–Crippen LogP) is 0.974. The molecule has 0 amide bonds. The van der Waals surface area contributed by atoms with Crippen LogP contribution in [-0.4, -0.2) is 41.0 Å². The van der Waals surface area contributed by atoms with Crippen LogP contribution in [0.5, 0.6) is 5.75 Å². The van der Waals surface area contributed by atoms with Crippen LogP contribution in [0.25, 0.3) is 0 Å². The summed E-state index contributed by atoms with van der Waals surface area (Å²) in [5.41, 5.74) is 19.1. The lowest BCUT2D eigenvalue weighted by molar-refractivity contribution is 0.105. The Morgan fingerprint density at radius 3 is 2.08 bits per heavy atom. The van der Waals surface area contributed by atoms with Gasteiger partial charge >= 0.3 is 0 Å². The molecule has 2 atom stereocenters. The van der Waals surface area contributed by atoms with Crippen LogP contribution in [0.4, 0.5) is 22.7 Å². The zero-order chi connectivity index (χ0) is 19.7. The van der Waals surface area contributed by atoms with E-state index in [1.165, 1.54) is 4.90 Å². The second-order valence-corrected chi connectivity index (χ2v) is 5.64. The SMILES string of the molecule is CC(O)N(c1cccc(N)c1)C(C)O.Nc1ccc(OCCO)c(N)c1. The van der Waals surface area contributed by atoms with Crippen LogP contribution in [-0.2, 0) is 0 Å². The highest BCUT2D eigenvalue weighted by molar-refractivity contribution is 5.60. The summed E-state index contributed by atoms with van der Waals surface area (Å²) in [5, 5.41) is 27.4. The van der Waals surface area contributed by atoms with Gasteiger partial charge in [-0.15, -0.1) is 0 Å². The van der Waals surface area contributed by atoms with Crippen LogP contribution in [0.1, 0.15) is 13.8 Å². The van der Waals surface area contributed by atoms with Crippen LogP contribution in [0.15, 0.2) is 42.5 Å². The third-order valence-corrected chi connectivity index (χ3v) is 3.36. The van der Waals surface area contributed by atoms with Gasteiger partial charge in [0.1, 0.15) is 24.8 Å². The van der Waals surface area contributed by atoms with Gasteiger partial charge in [-0.1, -0.05) is 6.07 Å². The number of aliphatic hydroxyl groups is 3. The van der Waals surface area contributed by atoms with E-state index < -0.39 is 12.5 Å². The molecule has 26 heavy (non-hydrogen) atoms. The van der Waals surface area contributed by atoms with Crippen molar-refractivity contribution in [3.05, 3.63) is 42.5 Å². The third-order valence-electron chi connectivity index (χ3n) is 3.36. The number of ether oxygens (including phenoxy) is 1. The maximum absolute atomic E-state index is 9.45. The fourth-order valence-electron chi connectivity index (χ4n) is 2.28. The lowest BCUT2D eigenvalue weighted by Crippen LogP contribution is -2.40. The molecule has 0 saturated carbocycles. The number of nitrogens with zero attached hydrogens (tertiary/aromatic N) is 1. The molecule has 0 spiro atoms. The van der Waals surface area contributed by atoms with Gasteiger partial charge in [0.05, 0.1) is 12.3 Å². The minimum atomic E-state index is -0.753. The second kappa shape index (κ2) is 10.3. The van der Waals surface area contributed by atoms with Gasteiger partial charge in [0.2, 0.25) is 0 Å². The topological polar surface area (TPSA) is 151 Å². The molecule has 0 aliphatic rings. The summed E-state index contributed by atoms with van der Waals surface area (Å²) in [6.45, 7) is 3.41. The Balaban J connectivity index is 0.000000263. The quantitative estimate of drug-likeness (QED) is 0.328. The average Bonchev–Trinajstić information content (AvgIpc) is 2.54. The molecule has 9 N–H and O–H groups in total. The second-order valence-electron chi connectivity index (χ2n) is 5.64. The fourth-order valence-corrected chi connectivity index (χ4v) is 2.28. The van der Waals surface area contributed by atoms with Gasteiger partial charge in [0.15, 0.2) is 0 Å². The first-order valence-electron chi connectivity index (χ1n) is 8.15. The summed E-state index contributed by atoms with van der Waals surface area (Å²) in [5.74, 6) is 0.554. The van der Waals surface area contributed by atoms with Crippen molar-refractivity contribution in [2.24, 2.45) is 0 Å². The van der Waals surface area contributed by atoms with Crippen molar-refractivity contribution in [1.29, 1.82) is 0 Å². The number of hydrogen-bond donors (Lipinski definition) is 6. The van der Waals surface area contributed by atoms with Gasteiger partial charge in [-0.25, -0.2) is 0 Å². The third kappa shape index (κ3) is 6.67. The Labute approximate surface area is 153 Å². The first-order chi connectivity index (χ1) is 12.3. The molecule has 2 aromatic rings. The fraction of sp³-hybridized carbons (Fsp3) is 0.333. The monoisotopic (exact) mass is 364 g/mol. The van der Waals surface area contributed by atoms with Crippen molar-refractivity contribution in [3.8, 4) is 5.75 Å². The van der Waals surface area contributed by atoms with Crippen molar-refractivity contribution in [3.63, 3.8) is 0 Å². The van der Waals surface area contributed by atoms with Crippen molar-refractivity contribution in [2.45, 2.75) is 26.3 Å². The summed E-state index contributed by atoms with van der Waals surface area (Å²) in [4.78, 5) is 1.47. The van der Waals surface area contributed by atoms with Crippen LogP contribution < -0.4 is 26.8 Å². The minimum absolute atomic E-state index is 0.0240. The van der Waals surface area contributed by atoms with E-state index in [0.29, 0.717) is 28.5 Å². The Kier molecular flexibility index (Phi) is 8.50. The van der Waals surface area contributed by atoms with E-state index in [1.807, 2.05) is 0 Å². The Morgan fingerprint density at radius 2 is 1.58 bits per heavy atom. The lowest BCUT2D eigenvalue weighted by Gasteiger charge is -2.30. The smallest absolute Gasteiger partial charge is 0.142 e. The van der Waals surface area contributed by atoms with Gasteiger partial charge in [0, 0.05) is 17.1 Å². The molecule has 0 bridgehead atoms. The molecule has 2 unspecified atom stereocenters. The van der Waals surface area contributed by atoms with Crippen LogP contribution in [0, 0.1) is 0 Å². The van der Waals surface area contributed by atoms with E-state index in [1.54, 1.807) is 56.3 Å². The van der Waals surface area contributed by atoms with E-state index >= 15 is 0 Å². The molecule has 0 radical (unpaired) electrons. The van der Waals surface area contributed by atoms with E-state index in [0.717, 1.165) is 0 Å². The molecule has 2 rings (SSSR count). The summed E-state index contributed by atoms with van der Waals surface area (Å²) in [6.07, 6.45) is -1.51. The van der Waals surface area contributed by atoms with Crippen molar-refractivity contribution in [2.75, 3.05) is 35.3 Å². The number of hydrogen-bond acceptors (Lipinski definition) is 8. The Bertz CT molecular complexity index is 672. The molecular formula is C18H28N4O4. The molecule has 0 saturated heterocycles. The molecule has 0 aromatic heterocycles. The zero-order valence-corrected chi connectivity index (χ0v) is 15.0. The lowest BCUT2D eigenvalue weighted by atomic mass is 10.2. The Morgan fingerprint density at radius 1 is 0.962 bits per heavy atom. The molecule has 0 fully saturated rings. The predicted molar refractivity (Wildman–Crippen MR) is 105 cm³/mol. The van der Waals surface area contributed by atoms with Gasteiger partial charge in [0.25, 0.3) is 0 Å². The number of aliphatic hydroxyl groups excluding tert-OH is 3. The van der Waals surface area contributed by atoms with Crippen molar-refractivity contribution < 1.29 is 20.1 Å². The van der Waals surface area contributed by atoms with Crippen molar-refractivity contribution in [1.82, 2.24) is 0 Å². The molecule has 144 valence electrons. The maximum atomic E-state index is 9.45. The first kappa shape index (κ1) is 21.4. The highest BCUT2D eigenvalue weighted by atomic mass is 16.5. The van der Waals surface area contributed by atoms with Crippen molar-refractivity contribution >= 4 is 22.7 Å². The highest BCUT2D eigenvalue weighted by Gasteiger charge is 2.16. The molecular weight excluding hydrogens is 336 g/mol. The standard InChI is InChI=1S/C10H16N2O2.C8H12N2O2/c1-7(13)12(8(2)14)10-5-3-4-9(11)6-10;9-6-1-2-8(7(10)5-6)12-4-3-11/h3-8,13-14H,11H2,1-2H3;1-2,5,11H,3-4,9-10H2. The normalized spacial score (nSPS) is 12.5. The van der Waals surface area contributed by atoms with E-state index in [4.69, 9.17) is 27.0 Å². The van der Waals surface area contributed by atoms with Crippen LogP contribution in [0.3, 0.4) is 0 Å². The number of anilines is 4. The summed E-state index contributed by atoms with van der Waals surface area (Å²) < 4.78 is 5.11. The molecule has 8 heteroatoms.